The SMILES string of the molecule is Cc1ccc(S(=O)(=O)N2C(=C3C=CC=C3)N[C@H](c3ccccc3)[C@H]2c2ccccc2)cc1. The summed E-state index contributed by atoms with van der Waals surface area (Å²) in [6.07, 6.45) is 7.73. The summed E-state index contributed by atoms with van der Waals surface area (Å²) in [6.45, 7) is 1.95. The van der Waals surface area contributed by atoms with Gasteiger partial charge in [0.25, 0.3) is 10.0 Å². The Morgan fingerprint density at radius 3 is 1.91 bits per heavy atom. The fraction of sp³-hybridized carbons (Fsp3) is 0.111. The fourth-order valence-corrected chi connectivity index (χ4v) is 5.95. The number of hydrogen-bond acceptors (Lipinski definition) is 3. The van der Waals surface area contributed by atoms with Crippen LogP contribution in [-0.2, 0) is 10.0 Å². The molecular weight excluding hydrogens is 416 g/mol. The van der Waals surface area contributed by atoms with Gasteiger partial charge in [-0.05, 0) is 30.2 Å². The minimum Gasteiger partial charge on any atom is -0.361 e. The molecule has 160 valence electrons. The third-order valence-electron chi connectivity index (χ3n) is 5.89. The van der Waals surface area contributed by atoms with E-state index in [2.05, 4.69) is 5.32 Å². The summed E-state index contributed by atoms with van der Waals surface area (Å²) in [7, 11) is -3.84. The van der Waals surface area contributed by atoms with Crippen LogP contribution in [0.2, 0.25) is 0 Å². The van der Waals surface area contributed by atoms with Crippen molar-refractivity contribution in [3.63, 3.8) is 0 Å². The lowest BCUT2D eigenvalue weighted by Crippen LogP contribution is -2.31. The van der Waals surface area contributed by atoms with Crippen molar-refractivity contribution in [1.29, 1.82) is 0 Å². The molecule has 5 rings (SSSR count). The highest BCUT2D eigenvalue weighted by molar-refractivity contribution is 7.89. The topological polar surface area (TPSA) is 49.4 Å². The van der Waals surface area contributed by atoms with E-state index < -0.39 is 16.1 Å². The predicted molar refractivity (Wildman–Crippen MR) is 127 cm³/mol. The molecule has 4 nitrogen and oxygen atoms in total. The summed E-state index contributed by atoms with van der Waals surface area (Å²) >= 11 is 0. The maximum Gasteiger partial charge on any atom is 0.266 e. The molecule has 0 aromatic heterocycles. The molecule has 1 aliphatic heterocycles. The van der Waals surface area contributed by atoms with Crippen molar-refractivity contribution in [3.8, 4) is 0 Å². The molecule has 1 N–H and O–H groups in total. The first-order valence-electron chi connectivity index (χ1n) is 10.6. The molecule has 0 unspecified atom stereocenters. The van der Waals surface area contributed by atoms with Crippen molar-refractivity contribution >= 4 is 10.0 Å². The molecule has 1 saturated heterocycles. The van der Waals surface area contributed by atoms with Crippen LogP contribution in [0.4, 0.5) is 0 Å². The normalized spacial score (nSPS) is 20.1. The highest BCUT2D eigenvalue weighted by atomic mass is 32.2. The predicted octanol–water partition coefficient (Wildman–Crippen LogP) is 5.41. The Morgan fingerprint density at radius 1 is 0.750 bits per heavy atom. The minimum atomic E-state index is -3.84. The van der Waals surface area contributed by atoms with E-state index in [-0.39, 0.29) is 10.9 Å². The van der Waals surface area contributed by atoms with Crippen LogP contribution < -0.4 is 5.32 Å². The van der Waals surface area contributed by atoms with E-state index in [1.54, 1.807) is 16.4 Å². The van der Waals surface area contributed by atoms with Crippen molar-refractivity contribution in [2.75, 3.05) is 0 Å². The van der Waals surface area contributed by atoms with Crippen molar-refractivity contribution in [2.24, 2.45) is 0 Å². The molecule has 2 aliphatic rings. The van der Waals surface area contributed by atoms with Crippen LogP contribution in [0.15, 0.2) is 126 Å². The van der Waals surface area contributed by atoms with E-state index in [0.29, 0.717) is 5.82 Å². The Bertz CT molecular complexity index is 1300. The monoisotopic (exact) mass is 440 g/mol. The number of benzene rings is 3. The van der Waals surface area contributed by atoms with Gasteiger partial charge >= 0.3 is 0 Å². The number of rotatable bonds is 4. The van der Waals surface area contributed by atoms with Crippen molar-refractivity contribution in [3.05, 3.63) is 137 Å². The van der Waals surface area contributed by atoms with Crippen molar-refractivity contribution in [1.82, 2.24) is 9.62 Å². The average molecular weight is 441 g/mol. The van der Waals surface area contributed by atoms with Crippen molar-refractivity contribution < 1.29 is 8.42 Å². The fourth-order valence-electron chi connectivity index (χ4n) is 4.30. The molecule has 0 radical (unpaired) electrons. The lowest BCUT2D eigenvalue weighted by Gasteiger charge is -2.29. The van der Waals surface area contributed by atoms with E-state index in [1.165, 1.54) is 0 Å². The molecule has 0 bridgehead atoms. The molecule has 1 heterocycles. The second-order valence-electron chi connectivity index (χ2n) is 8.02. The number of nitrogens with one attached hydrogen (secondary N) is 1. The summed E-state index contributed by atoms with van der Waals surface area (Å²) in [6, 6.07) is 26.2. The summed E-state index contributed by atoms with van der Waals surface area (Å²) in [5.74, 6) is 0.596. The van der Waals surface area contributed by atoms with Crippen LogP contribution in [0.5, 0.6) is 0 Å². The zero-order valence-electron chi connectivity index (χ0n) is 17.7. The molecule has 2 atom stereocenters. The molecular formula is C27H24N2O2S. The lowest BCUT2D eigenvalue weighted by molar-refractivity contribution is 0.404. The lowest BCUT2D eigenvalue weighted by atomic mass is 9.95. The van der Waals surface area contributed by atoms with Gasteiger partial charge in [-0.2, -0.15) is 0 Å². The van der Waals surface area contributed by atoms with Crippen LogP contribution >= 0.6 is 0 Å². The summed E-state index contributed by atoms with van der Waals surface area (Å²) in [4.78, 5) is 0.281. The van der Waals surface area contributed by atoms with Gasteiger partial charge in [-0.3, -0.25) is 0 Å². The Morgan fingerprint density at radius 2 is 1.31 bits per heavy atom. The highest BCUT2D eigenvalue weighted by Gasteiger charge is 2.46. The van der Waals surface area contributed by atoms with Gasteiger partial charge in [-0.25, -0.2) is 12.7 Å². The van der Waals surface area contributed by atoms with Gasteiger partial charge in [0.15, 0.2) is 0 Å². The second kappa shape index (κ2) is 8.17. The van der Waals surface area contributed by atoms with E-state index in [4.69, 9.17) is 0 Å². The summed E-state index contributed by atoms with van der Waals surface area (Å²) in [5, 5.41) is 3.56. The van der Waals surface area contributed by atoms with Gasteiger partial charge in [0.05, 0.1) is 17.0 Å². The first-order valence-corrected chi connectivity index (χ1v) is 12.1. The standard InChI is InChI=1S/C27H24N2O2S/c1-20-16-18-24(19-17-20)32(30,31)29-26(22-12-6-3-7-13-22)25(21-10-4-2-5-11-21)28-27(29)23-14-8-9-15-23/h2-19,25-26,28H,1H3/t25-,26-/m1/s1. The van der Waals surface area contributed by atoms with Gasteiger partial charge in [0, 0.05) is 5.57 Å². The molecule has 1 aliphatic carbocycles. The molecule has 1 fully saturated rings. The van der Waals surface area contributed by atoms with E-state index in [9.17, 15) is 8.42 Å². The zero-order chi connectivity index (χ0) is 22.1. The Balaban J connectivity index is 1.74. The number of hydrogen-bond donors (Lipinski definition) is 1. The smallest absolute Gasteiger partial charge is 0.266 e. The quantitative estimate of drug-likeness (QED) is 0.590. The zero-order valence-corrected chi connectivity index (χ0v) is 18.5. The Hall–Kier alpha value is -3.57. The molecule has 3 aromatic rings. The molecule has 0 saturated carbocycles. The summed E-state index contributed by atoms with van der Waals surface area (Å²) < 4.78 is 29.7. The van der Waals surface area contributed by atoms with Crippen LogP contribution in [-0.4, -0.2) is 12.7 Å². The van der Waals surface area contributed by atoms with Gasteiger partial charge in [0.2, 0.25) is 0 Å². The van der Waals surface area contributed by atoms with E-state index in [0.717, 1.165) is 22.3 Å². The number of allylic oxidation sites excluding steroid dienone is 5. The molecule has 5 heteroatoms. The van der Waals surface area contributed by atoms with Crippen LogP contribution in [0.3, 0.4) is 0 Å². The molecule has 0 spiro atoms. The Labute approximate surface area is 189 Å². The van der Waals surface area contributed by atoms with E-state index in [1.807, 2.05) is 104 Å². The molecule has 32 heavy (non-hydrogen) atoms. The van der Waals surface area contributed by atoms with Gasteiger partial charge < -0.3 is 5.32 Å². The maximum atomic E-state index is 14.1. The van der Waals surface area contributed by atoms with Gasteiger partial charge in [-0.15, -0.1) is 0 Å². The third kappa shape index (κ3) is 3.55. The molecule has 0 amide bonds. The van der Waals surface area contributed by atoms with Gasteiger partial charge in [0.1, 0.15) is 5.82 Å². The first-order chi connectivity index (χ1) is 15.6. The van der Waals surface area contributed by atoms with Crippen LogP contribution in [0.1, 0.15) is 28.8 Å². The number of sulfonamides is 1. The third-order valence-corrected chi connectivity index (χ3v) is 7.69. The second-order valence-corrected chi connectivity index (χ2v) is 9.84. The molecule has 3 aromatic carbocycles. The minimum absolute atomic E-state index is 0.233. The maximum absolute atomic E-state index is 14.1. The number of aryl methyl sites for hydroxylation is 1. The Kier molecular flexibility index (Phi) is 5.19. The van der Waals surface area contributed by atoms with Gasteiger partial charge in [-0.1, -0.05) is 103 Å². The largest absolute Gasteiger partial charge is 0.361 e. The van der Waals surface area contributed by atoms with E-state index >= 15 is 0 Å². The number of nitrogens with zero attached hydrogens (tertiary/aromatic N) is 1. The average Bonchev–Trinajstić information content (AvgIpc) is 3.49. The summed E-state index contributed by atoms with van der Waals surface area (Å²) in [5.41, 5.74) is 3.84. The highest BCUT2D eigenvalue weighted by Crippen LogP contribution is 2.46. The van der Waals surface area contributed by atoms with Crippen LogP contribution in [0.25, 0.3) is 0 Å². The van der Waals surface area contributed by atoms with Crippen LogP contribution in [0, 0.1) is 6.92 Å². The van der Waals surface area contributed by atoms with Crippen molar-refractivity contribution in [2.45, 2.75) is 23.9 Å². The first kappa shape index (κ1) is 20.3.